The van der Waals surface area contributed by atoms with Gasteiger partial charge in [0.1, 0.15) is 11.4 Å². The Hall–Kier alpha value is -2.63. The Kier molecular flexibility index (Phi) is 3.92. The highest BCUT2D eigenvalue weighted by atomic mass is 16.3. The van der Waals surface area contributed by atoms with Crippen molar-refractivity contribution in [3.63, 3.8) is 0 Å². The van der Waals surface area contributed by atoms with E-state index >= 15 is 0 Å². The molecular formula is C13H13N3O3. The van der Waals surface area contributed by atoms with E-state index in [1.807, 2.05) is 0 Å². The lowest BCUT2D eigenvalue weighted by molar-refractivity contribution is 0.0948. The first-order valence-electron chi connectivity index (χ1n) is 5.77. The van der Waals surface area contributed by atoms with Crippen molar-refractivity contribution in [2.45, 2.75) is 6.42 Å². The molecule has 0 saturated carbocycles. The van der Waals surface area contributed by atoms with Gasteiger partial charge >= 0.3 is 0 Å². The van der Waals surface area contributed by atoms with Gasteiger partial charge in [0.05, 0.1) is 0 Å². The van der Waals surface area contributed by atoms with Gasteiger partial charge in [0.25, 0.3) is 11.5 Å². The zero-order valence-corrected chi connectivity index (χ0v) is 10.1. The highest BCUT2D eigenvalue weighted by molar-refractivity contribution is 5.91. The minimum Gasteiger partial charge on any atom is -0.508 e. The molecule has 3 N–H and O–H groups in total. The van der Waals surface area contributed by atoms with E-state index < -0.39 is 0 Å². The smallest absolute Gasteiger partial charge is 0.271 e. The fraction of sp³-hybridized carbons (Fsp3) is 0.154. The number of hydrogen-bond donors (Lipinski definition) is 3. The third-order valence-electron chi connectivity index (χ3n) is 2.55. The van der Waals surface area contributed by atoms with Gasteiger partial charge in [-0.1, -0.05) is 12.1 Å². The van der Waals surface area contributed by atoms with Crippen LogP contribution < -0.4 is 10.9 Å². The Morgan fingerprint density at radius 3 is 2.58 bits per heavy atom. The molecule has 6 heteroatoms. The zero-order valence-electron chi connectivity index (χ0n) is 10.1. The van der Waals surface area contributed by atoms with E-state index in [1.54, 1.807) is 24.3 Å². The van der Waals surface area contributed by atoms with Gasteiger partial charge in [0.2, 0.25) is 0 Å². The Labute approximate surface area is 109 Å². The molecular weight excluding hydrogens is 246 g/mol. The molecule has 1 aromatic heterocycles. The number of aromatic hydroxyl groups is 1. The van der Waals surface area contributed by atoms with Gasteiger partial charge in [-0.2, -0.15) is 5.10 Å². The molecule has 0 atom stereocenters. The summed E-state index contributed by atoms with van der Waals surface area (Å²) in [5.74, 6) is -0.125. The maximum atomic E-state index is 11.7. The number of nitrogens with zero attached hydrogens (tertiary/aromatic N) is 1. The standard InChI is InChI=1S/C13H13N3O3/c17-10-3-1-9(2-4-10)7-8-14-13(19)11-5-6-12(18)16-15-11/h1-6,17H,7-8H2,(H,14,19)(H,16,18). The molecule has 2 rings (SSSR count). The molecule has 0 radical (unpaired) electrons. The largest absolute Gasteiger partial charge is 0.508 e. The maximum absolute atomic E-state index is 11.7. The summed E-state index contributed by atoms with van der Waals surface area (Å²) in [6, 6.07) is 9.40. The molecule has 0 saturated heterocycles. The summed E-state index contributed by atoms with van der Waals surface area (Å²) in [6.45, 7) is 0.449. The van der Waals surface area contributed by atoms with Crippen molar-refractivity contribution in [2.75, 3.05) is 6.54 Å². The third kappa shape index (κ3) is 3.67. The van der Waals surface area contributed by atoms with Gasteiger partial charge in [-0.3, -0.25) is 9.59 Å². The van der Waals surface area contributed by atoms with Crippen molar-refractivity contribution in [3.05, 3.63) is 58.0 Å². The van der Waals surface area contributed by atoms with Crippen molar-refractivity contribution in [1.29, 1.82) is 0 Å². The SMILES string of the molecule is O=C(NCCc1ccc(O)cc1)c1ccc(=O)[nH]n1. The summed E-state index contributed by atoms with van der Waals surface area (Å²) < 4.78 is 0. The van der Waals surface area contributed by atoms with E-state index in [2.05, 4.69) is 15.5 Å². The number of nitrogens with one attached hydrogen (secondary N) is 2. The van der Waals surface area contributed by atoms with Crippen LogP contribution in [0.4, 0.5) is 0 Å². The lowest BCUT2D eigenvalue weighted by Gasteiger charge is -2.04. The molecule has 0 aliphatic heterocycles. The number of benzene rings is 1. The molecule has 98 valence electrons. The number of aromatic nitrogens is 2. The van der Waals surface area contributed by atoms with Gasteiger partial charge in [0, 0.05) is 12.6 Å². The quantitative estimate of drug-likeness (QED) is 0.742. The second-order valence-electron chi connectivity index (χ2n) is 3.98. The van der Waals surface area contributed by atoms with Crippen LogP contribution in [0.3, 0.4) is 0 Å². The molecule has 0 fully saturated rings. The van der Waals surface area contributed by atoms with Crippen LogP contribution in [0, 0.1) is 0 Å². The Morgan fingerprint density at radius 1 is 1.21 bits per heavy atom. The van der Waals surface area contributed by atoms with Crippen LogP contribution in [0.2, 0.25) is 0 Å². The summed E-state index contributed by atoms with van der Waals surface area (Å²) in [5, 5.41) is 17.7. The Balaban J connectivity index is 1.85. The number of carbonyl (C=O) groups excluding carboxylic acids is 1. The van der Waals surface area contributed by atoms with Crippen LogP contribution in [-0.2, 0) is 6.42 Å². The highest BCUT2D eigenvalue weighted by Gasteiger charge is 2.06. The van der Waals surface area contributed by atoms with E-state index in [0.29, 0.717) is 13.0 Å². The topological polar surface area (TPSA) is 95.1 Å². The number of aromatic amines is 1. The van der Waals surface area contributed by atoms with Crippen molar-refractivity contribution in [1.82, 2.24) is 15.5 Å². The molecule has 0 aliphatic carbocycles. The predicted octanol–water partition coefficient (Wildman–Crippen LogP) is 0.448. The molecule has 1 aromatic carbocycles. The van der Waals surface area contributed by atoms with Crippen molar-refractivity contribution in [2.24, 2.45) is 0 Å². The van der Waals surface area contributed by atoms with Gasteiger partial charge in [0.15, 0.2) is 0 Å². The molecule has 1 heterocycles. The fourth-order valence-corrected chi connectivity index (χ4v) is 1.54. The summed E-state index contributed by atoms with van der Waals surface area (Å²) >= 11 is 0. The molecule has 6 nitrogen and oxygen atoms in total. The average molecular weight is 259 g/mol. The van der Waals surface area contributed by atoms with E-state index in [0.717, 1.165) is 5.56 Å². The van der Waals surface area contributed by atoms with E-state index in [-0.39, 0.29) is 22.9 Å². The van der Waals surface area contributed by atoms with Gasteiger partial charge in [-0.05, 0) is 30.2 Å². The highest BCUT2D eigenvalue weighted by Crippen LogP contribution is 2.09. The second kappa shape index (κ2) is 5.81. The van der Waals surface area contributed by atoms with Crippen molar-refractivity contribution < 1.29 is 9.90 Å². The molecule has 0 unspecified atom stereocenters. The normalized spacial score (nSPS) is 10.1. The van der Waals surface area contributed by atoms with Crippen molar-refractivity contribution in [3.8, 4) is 5.75 Å². The van der Waals surface area contributed by atoms with E-state index in [4.69, 9.17) is 5.11 Å². The van der Waals surface area contributed by atoms with Crippen LogP contribution in [-0.4, -0.2) is 27.8 Å². The second-order valence-corrected chi connectivity index (χ2v) is 3.98. The monoisotopic (exact) mass is 259 g/mol. The molecule has 0 bridgehead atoms. The summed E-state index contributed by atoms with van der Waals surface area (Å²) in [7, 11) is 0. The number of carbonyl (C=O) groups is 1. The molecule has 19 heavy (non-hydrogen) atoms. The fourth-order valence-electron chi connectivity index (χ4n) is 1.54. The average Bonchev–Trinajstić information content (AvgIpc) is 2.41. The lowest BCUT2D eigenvalue weighted by Crippen LogP contribution is -2.27. The summed E-state index contributed by atoms with van der Waals surface area (Å²) in [5.41, 5.74) is 0.832. The first-order valence-corrected chi connectivity index (χ1v) is 5.77. The van der Waals surface area contributed by atoms with Crippen LogP contribution >= 0.6 is 0 Å². The van der Waals surface area contributed by atoms with Crippen molar-refractivity contribution >= 4 is 5.91 Å². The third-order valence-corrected chi connectivity index (χ3v) is 2.55. The zero-order chi connectivity index (χ0) is 13.7. The Bertz CT molecular complexity index is 599. The number of phenolic OH excluding ortho intramolecular Hbond substituents is 1. The van der Waals surface area contributed by atoms with Gasteiger partial charge in [-0.25, -0.2) is 5.10 Å². The Morgan fingerprint density at radius 2 is 1.95 bits per heavy atom. The molecule has 2 aromatic rings. The molecule has 0 spiro atoms. The van der Waals surface area contributed by atoms with Gasteiger partial charge in [-0.15, -0.1) is 0 Å². The van der Waals surface area contributed by atoms with E-state index in [1.165, 1.54) is 12.1 Å². The number of amides is 1. The summed E-state index contributed by atoms with van der Waals surface area (Å²) in [4.78, 5) is 22.5. The maximum Gasteiger partial charge on any atom is 0.271 e. The van der Waals surface area contributed by atoms with Gasteiger partial charge < -0.3 is 10.4 Å². The van der Waals surface area contributed by atoms with Crippen LogP contribution in [0.25, 0.3) is 0 Å². The molecule has 0 aliphatic rings. The summed E-state index contributed by atoms with van der Waals surface area (Å²) in [6.07, 6.45) is 0.648. The van der Waals surface area contributed by atoms with Crippen LogP contribution in [0.15, 0.2) is 41.2 Å². The lowest BCUT2D eigenvalue weighted by atomic mass is 10.1. The van der Waals surface area contributed by atoms with E-state index in [9.17, 15) is 9.59 Å². The predicted molar refractivity (Wildman–Crippen MR) is 69.0 cm³/mol. The minimum atomic E-state index is -0.347. The number of hydrogen-bond acceptors (Lipinski definition) is 4. The number of rotatable bonds is 4. The number of H-pyrrole nitrogens is 1. The minimum absolute atomic E-state index is 0.172. The molecule has 1 amide bonds. The first kappa shape index (κ1) is 12.8. The van der Waals surface area contributed by atoms with Crippen LogP contribution in [0.5, 0.6) is 5.75 Å². The van der Waals surface area contributed by atoms with Crippen LogP contribution in [0.1, 0.15) is 16.1 Å². The number of phenols is 1. The first-order chi connectivity index (χ1) is 9.15.